The molecule has 2 N–H and O–H groups in total. The predicted molar refractivity (Wildman–Crippen MR) is 76.6 cm³/mol. The largest absolute Gasteiger partial charge is 0.491 e. The summed E-state index contributed by atoms with van der Waals surface area (Å²) in [4.78, 5) is 0.569. The van der Waals surface area contributed by atoms with Gasteiger partial charge in [-0.2, -0.15) is 0 Å². The van der Waals surface area contributed by atoms with E-state index >= 15 is 0 Å². The molecule has 1 aromatic rings. The molecule has 1 aromatic carbocycles. The van der Waals surface area contributed by atoms with E-state index in [9.17, 15) is 0 Å². The lowest BCUT2D eigenvalue weighted by Gasteiger charge is -2.19. The van der Waals surface area contributed by atoms with E-state index in [1.165, 1.54) is 5.56 Å². The molecule has 0 bridgehead atoms. The van der Waals surface area contributed by atoms with Crippen molar-refractivity contribution in [1.82, 2.24) is 0 Å². The van der Waals surface area contributed by atoms with Crippen molar-refractivity contribution in [3.05, 3.63) is 29.8 Å². The molecule has 3 heteroatoms. The van der Waals surface area contributed by atoms with E-state index in [1.54, 1.807) is 0 Å². The summed E-state index contributed by atoms with van der Waals surface area (Å²) in [6.07, 6.45) is 0.203. The van der Waals surface area contributed by atoms with Crippen LogP contribution >= 0.6 is 12.2 Å². The molecule has 0 saturated carbocycles. The molecule has 0 fully saturated rings. The maximum Gasteiger partial charge on any atom is 0.119 e. The minimum atomic E-state index is 0.203. The first-order valence-corrected chi connectivity index (χ1v) is 6.38. The quantitative estimate of drug-likeness (QED) is 0.813. The second kappa shape index (κ2) is 6.01. The number of rotatable bonds is 5. The van der Waals surface area contributed by atoms with Gasteiger partial charge in [0.25, 0.3) is 0 Å². The van der Waals surface area contributed by atoms with Gasteiger partial charge in [-0.25, -0.2) is 0 Å². The molecule has 94 valence electrons. The van der Waals surface area contributed by atoms with Crippen LogP contribution in [0.1, 0.15) is 39.2 Å². The molecule has 2 unspecified atom stereocenters. The molecule has 17 heavy (non-hydrogen) atoms. The fourth-order valence-electron chi connectivity index (χ4n) is 1.66. The van der Waals surface area contributed by atoms with Crippen molar-refractivity contribution < 1.29 is 4.74 Å². The minimum Gasteiger partial charge on any atom is -0.491 e. The molecule has 2 nitrogen and oxygen atoms in total. The standard InChI is InChI=1S/C14H21NOS/c1-9(2)16-13-7-5-12(6-8-13)10(3)11(4)14(15)17/h5-11H,1-4H3,(H2,15,17). The molecule has 0 amide bonds. The molecule has 0 aliphatic carbocycles. The number of ether oxygens (including phenoxy) is 1. The third-order valence-corrected chi connectivity index (χ3v) is 3.35. The van der Waals surface area contributed by atoms with Crippen LogP contribution in [0.5, 0.6) is 5.75 Å². The summed E-state index contributed by atoms with van der Waals surface area (Å²) in [6, 6.07) is 8.16. The lowest BCUT2D eigenvalue weighted by molar-refractivity contribution is 0.242. The highest BCUT2D eigenvalue weighted by Gasteiger charge is 2.16. The van der Waals surface area contributed by atoms with Crippen molar-refractivity contribution in [3.63, 3.8) is 0 Å². The minimum absolute atomic E-state index is 0.203. The highest BCUT2D eigenvalue weighted by molar-refractivity contribution is 7.80. The number of hydrogen-bond acceptors (Lipinski definition) is 2. The van der Waals surface area contributed by atoms with Crippen LogP contribution in [0.3, 0.4) is 0 Å². The van der Waals surface area contributed by atoms with Gasteiger partial charge < -0.3 is 10.5 Å². The zero-order valence-corrected chi connectivity index (χ0v) is 11.8. The molecular formula is C14H21NOS. The Morgan fingerprint density at radius 1 is 1.12 bits per heavy atom. The lowest BCUT2D eigenvalue weighted by atomic mass is 9.89. The smallest absolute Gasteiger partial charge is 0.119 e. The van der Waals surface area contributed by atoms with Gasteiger partial charge in [-0.15, -0.1) is 0 Å². The average molecular weight is 251 g/mol. The molecule has 0 radical (unpaired) electrons. The van der Waals surface area contributed by atoms with Crippen LogP contribution in [0.2, 0.25) is 0 Å². The zero-order chi connectivity index (χ0) is 13.0. The van der Waals surface area contributed by atoms with Crippen LogP contribution in [-0.4, -0.2) is 11.1 Å². The van der Waals surface area contributed by atoms with E-state index in [0.29, 0.717) is 10.9 Å². The first-order chi connectivity index (χ1) is 7.91. The van der Waals surface area contributed by atoms with Gasteiger partial charge in [-0.05, 0) is 37.5 Å². The third kappa shape index (κ3) is 4.00. The third-order valence-electron chi connectivity index (χ3n) is 2.98. The van der Waals surface area contributed by atoms with Crippen molar-refractivity contribution in [2.24, 2.45) is 11.7 Å². The Kier molecular flexibility index (Phi) is 4.94. The highest BCUT2D eigenvalue weighted by Crippen LogP contribution is 2.26. The molecule has 0 heterocycles. The van der Waals surface area contributed by atoms with Crippen molar-refractivity contribution in [2.75, 3.05) is 0 Å². The first-order valence-electron chi connectivity index (χ1n) is 5.97. The summed E-state index contributed by atoms with van der Waals surface area (Å²) in [6.45, 7) is 8.24. The maximum absolute atomic E-state index is 5.68. The van der Waals surface area contributed by atoms with Gasteiger partial charge >= 0.3 is 0 Å². The average Bonchev–Trinajstić information content (AvgIpc) is 2.27. The van der Waals surface area contributed by atoms with Gasteiger partial charge in [0.1, 0.15) is 5.75 Å². The molecule has 2 atom stereocenters. The molecule has 0 aromatic heterocycles. The number of thiocarbonyl (C=S) groups is 1. The van der Waals surface area contributed by atoms with Crippen LogP contribution in [0.25, 0.3) is 0 Å². The summed E-state index contributed by atoms with van der Waals surface area (Å²) >= 11 is 5.03. The molecule has 0 saturated heterocycles. The fraction of sp³-hybridized carbons (Fsp3) is 0.500. The second-order valence-corrected chi connectivity index (χ2v) is 5.19. The van der Waals surface area contributed by atoms with Crippen molar-refractivity contribution >= 4 is 17.2 Å². The van der Waals surface area contributed by atoms with Gasteiger partial charge in [-0.1, -0.05) is 38.2 Å². The maximum atomic E-state index is 5.68. The number of nitrogens with two attached hydrogens (primary N) is 1. The van der Waals surface area contributed by atoms with Crippen LogP contribution < -0.4 is 10.5 Å². The van der Waals surface area contributed by atoms with Crippen LogP contribution in [0, 0.1) is 5.92 Å². The van der Waals surface area contributed by atoms with Crippen LogP contribution in [0.4, 0.5) is 0 Å². The zero-order valence-electron chi connectivity index (χ0n) is 10.9. The molecule has 0 aliphatic rings. The van der Waals surface area contributed by atoms with Crippen LogP contribution in [0.15, 0.2) is 24.3 Å². The molecule has 0 spiro atoms. The molecule has 1 rings (SSSR count). The highest BCUT2D eigenvalue weighted by atomic mass is 32.1. The second-order valence-electron chi connectivity index (χ2n) is 4.72. The van der Waals surface area contributed by atoms with Gasteiger partial charge in [-0.3, -0.25) is 0 Å². The van der Waals surface area contributed by atoms with E-state index in [4.69, 9.17) is 22.7 Å². The SMILES string of the molecule is CC(C)Oc1ccc(C(C)C(C)C(N)=S)cc1. The van der Waals surface area contributed by atoms with Crippen molar-refractivity contribution in [2.45, 2.75) is 39.7 Å². The topological polar surface area (TPSA) is 35.2 Å². The Morgan fingerprint density at radius 2 is 1.65 bits per heavy atom. The van der Waals surface area contributed by atoms with Gasteiger partial charge in [0.15, 0.2) is 0 Å². The van der Waals surface area contributed by atoms with E-state index in [2.05, 4.69) is 26.0 Å². The fourth-order valence-corrected chi connectivity index (χ4v) is 1.86. The molecule has 0 aliphatic heterocycles. The van der Waals surface area contributed by atoms with E-state index in [-0.39, 0.29) is 12.0 Å². The normalized spacial score (nSPS) is 14.4. The van der Waals surface area contributed by atoms with E-state index in [0.717, 1.165) is 5.75 Å². The number of hydrogen-bond donors (Lipinski definition) is 1. The van der Waals surface area contributed by atoms with Crippen LogP contribution in [-0.2, 0) is 0 Å². The summed E-state index contributed by atoms with van der Waals surface area (Å²) in [5.41, 5.74) is 6.91. The van der Waals surface area contributed by atoms with Crippen molar-refractivity contribution in [1.29, 1.82) is 0 Å². The Hall–Kier alpha value is -1.09. The summed E-state index contributed by atoms with van der Waals surface area (Å²) in [5.74, 6) is 1.45. The van der Waals surface area contributed by atoms with Gasteiger partial charge in [0.2, 0.25) is 0 Å². The Labute approximate surface area is 109 Å². The van der Waals surface area contributed by atoms with Gasteiger partial charge in [0.05, 0.1) is 11.1 Å². The predicted octanol–water partition coefficient (Wildman–Crippen LogP) is 3.50. The van der Waals surface area contributed by atoms with Gasteiger partial charge in [0, 0.05) is 5.92 Å². The van der Waals surface area contributed by atoms with E-state index in [1.807, 2.05) is 26.0 Å². The number of benzene rings is 1. The lowest BCUT2D eigenvalue weighted by Crippen LogP contribution is -2.23. The summed E-state index contributed by atoms with van der Waals surface area (Å²) < 4.78 is 5.61. The summed E-state index contributed by atoms with van der Waals surface area (Å²) in [7, 11) is 0. The first kappa shape index (κ1) is 14.0. The van der Waals surface area contributed by atoms with E-state index < -0.39 is 0 Å². The Bertz CT molecular complexity index is 372. The summed E-state index contributed by atoms with van der Waals surface area (Å²) in [5, 5.41) is 0. The molecular weight excluding hydrogens is 230 g/mol. The Morgan fingerprint density at radius 3 is 2.06 bits per heavy atom. The monoisotopic (exact) mass is 251 g/mol. The van der Waals surface area contributed by atoms with Crippen molar-refractivity contribution in [3.8, 4) is 5.75 Å². The Balaban J connectivity index is 2.76.